The molecule has 9 heteroatoms. The van der Waals surface area contributed by atoms with Gasteiger partial charge in [-0.3, -0.25) is 9.56 Å². The molecule has 3 rings (SSSR count). The molecule has 2 heterocycles. The SMILES string of the molecule is CN=C(NCCCn1nc2n(c1=O)CCCC2)NCc1ccc(C)cc1OC(C)C.I. The van der Waals surface area contributed by atoms with Crippen LogP contribution in [0.3, 0.4) is 0 Å². The molecule has 1 aromatic carbocycles. The molecule has 0 spiro atoms. The van der Waals surface area contributed by atoms with E-state index in [4.69, 9.17) is 4.74 Å². The molecule has 0 saturated carbocycles. The Morgan fingerprint density at radius 3 is 2.81 bits per heavy atom. The Labute approximate surface area is 201 Å². The Balaban J connectivity index is 0.00000341. The van der Waals surface area contributed by atoms with E-state index in [-0.39, 0.29) is 35.8 Å². The number of fused-ring (bicyclic) bond motifs is 1. The van der Waals surface area contributed by atoms with Gasteiger partial charge in [-0.1, -0.05) is 12.1 Å². The maximum Gasteiger partial charge on any atom is 0.345 e. The predicted octanol–water partition coefficient (Wildman–Crippen LogP) is 2.85. The van der Waals surface area contributed by atoms with Crippen LogP contribution in [0.1, 0.15) is 50.1 Å². The number of nitrogens with one attached hydrogen (secondary N) is 2. The lowest BCUT2D eigenvalue weighted by atomic mass is 10.1. The number of aliphatic imine (C=N–C) groups is 1. The van der Waals surface area contributed by atoms with E-state index >= 15 is 0 Å². The summed E-state index contributed by atoms with van der Waals surface area (Å²) in [5.41, 5.74) is 2.28. The molecule has 8 nitrogen and oxygen atoms in total. The Hall–Kier alpha value is -2.04. The van der Waals surface area contributed by atoms with Crippen LogP contribution in [0.4, 0.5) is 0 Å². The predicted molar refractivity (Wildman–Crippen MR) is 135 cm³/mol. The van der Waals surface area contributed by atoms with E-state index in [1.54, 1.807) is 11.7 Å². The van der Waals surface area contributed by atoms with Crippen molar-refractivity contribution in [2.45, 2.75) is 72.2 Å². The summed E-state index contributed by atoms with van der Waals surface area (Å²) in [7, 11) is 1.75. The van der Waals surface area contributed by atoms with Crippen molar-refractivity contribution in [3.05, 3.63) is 45.6 Å². The standard InChI is InChI=1S/C22H34N6O2.HI/c1-16(2)30-19-14-17(3)9-10-18(19)15-25-21(23-4)24-11-7-13-28-22(29)27-12-6-5-8-20(27)26-28;/h9-10,14,16H,5-8,11-13,15H2,1-4H3,(H2,23,24,25);1H. The van der Waals surface area contributed by atoms with Gasteiger partial charge in [-0.15, -0.1) is 24.0 Å². The minimum Gasteiger partial charge on any atom is -0.491 e. The molecule has 0 unspecified atom stereocenters. The summed E-state index contributed by atoms with van der Waals surface area (Å²) in [5, 5.41) is 11.1. The number of hydrogen-bond donors (Lipinski definition) is 2. The minimum absolute atomic E-state index is 0. The smallest absolute Gasteiger partial charge is 0.345 e. The number of aromatic nitrogens is 3. The van der Waals surface area contributed by atoms with Crippen molar-refractivity contribution >= 4 is 29.9 Å². The molecule has 172 valence electrons. The summed E-state index contributed by atoms with van der Waals surface area (Å²) in [5.74, 6) is 2.55. The minimum atomic E-state index is 0. The van der Waals surface area contributed by atoms with Crippen molar-refractivity contribution in [3.8, 4) is 5.75 Å². The number of ether oxygens (including phenoxy) is 1. The lowest BCUT2D eigenvalue weighted by Crippen LogP contribution is -2.38. The second kappa shape index (κ2) is 12.1. The van der Waals surface area contributed by atoms with E-state index in [1.165, 1.54) is 5.56 Å². The Morgan fingerprint density at radius 1 is 1.29 bits per heavy atom. The summed E-state index contributed by atoms with van der Waals surface area (Å²) in [6.45, 7) is 8.85. The number of aryl methyl sites for hydroxylation is 3. The van der Waals surface area contributed by atoms with Gasteiger partial charge in [0.2, 0.25) is 0 Å². The Bertz CT molecular complexity index is 935. The number of hydrogen-bond acceptors (Lipinski definition) is 4. The van der Waals surface area contributed by atoms with Gasteiger partial charge in [-0.2, -0.15) is 5.10 Å². The van der Waals surface area contributed by atoms with Crippen molar-refractivity contribution in [2.75, 3.05) is 13.6 Å². The number of halogens is 1. The van der Waals surface area contributed by atoms with Crippen LogP contribution in [-0.4, -0.2) is 40.0 Å². The quantitative estimate of drug-likeness (QED) is 0.232. The zero-order valence-electron chi connectivity index (χ0n) is 19.0. The number of benzene rings is 1. The summed E-state index contributed by atoms with van der Waals surface area (Å²) in [6, 6.07) is 6.23. The van der Waals surface area contributed by atoms with E-state index in [1.807, 2.05) is 18.4 Å². The average molecular weight is 542 g/mol. The van der Waals surface area contributed by atoms with E-state index in [0.29, 0.717) is 19.6 Å². The maximum atomic E-state index is 12.4. The van der Waals surface area contributed by atoms with Gasteiger partial charge in [0.25, 0.3) is 0 Å². The van der Waals surface area contributed by atoms with Crippen LogP contribution in [0.25, 0.3) is 0 Å². The van der Waals surface area contributed by atoms with E-state index in [0.717, 1.165) is 55.3 Å². The summed E-state index contributed by atoms with van der Waals surface area (Å²) < 4.78 is 9.36. The molecular weight excluding hydrogens is 507 g/mol. The first-order valence-electron chi connectivity index (χ1n) is 10.8. The van der Waals surface area contributed by atoms with Crippen molar-refractivity contribution in [1.82, 2.24) is 25.0 Å². The van der Waals surface area contributed by atoms with E-state index in [9.17, 15) is 4.79 Å². The fourth-order valence-electron chi connectivity index (χ4n) is 3.60. The van der Waals surface area contributed by atoms with Crippen LogP contribution in [0.5, 0.6) is 5.75 Å². The zero-order valence-corrected chi connectivity index (χ0v) is 21.3. The van der Waals surface area contributed by atoms with Gasteiger partial charge >= 0.3 is 5.69 Å². The average Bonchev–Trinajstić information content (AvgIpc) is 3.04. The first kappa shape index (κ1) is 25.2. The lowest BCUT2D eigenvalue weighted by Gasteiger charge is -2.17. The van der Waals surface area contributed by atoms with E-state index in [2.05, 4.69) is 45.8 Å². The molecular formula is C22H35IN6O2. The molecule has 2 aromatic rings. The summed E-state index contributed by atoms with van der Waals surface area (Å²) in [4.78, 5) is 16.7. The maximum absolute atomic E-state index is 12.4. The second-order valence-corrected chi connectivity index (χ2v) is 8.01. The van der Waals surface area contributed by atoms with Crippen LogP contribution in [0.2, 0.25) is 0 Å². The normalized spacial score (nSPS) is 13.5. The van der Waals surface area contributed by atoms with Gasteiger partial charge < -0.3 is 15.4 Å². The van der Waals surface area contributed by atoms with Crippen LogP contribution >= 0.6 is 24.0 Å². The molecule has 1 aliphatic rings. The van der Waals surface area contributed by atoms with Gasteiger partial charge in [0.15, 0.2) is 5.96 Å². The molecule has 31 heavy (non-hydrogen) atoms. The number of guanidine groups is 1. The zero-order chi connectivity index (χ0) is 21.5. The largest absolute Gasteiger partial charge is 0.491 e. The molecule has 0 amide bonds. The molecule has 1 aliphatic heterocycles. The lowest BCUT2D eigenvalue weighted by molar-refractivity contribution is 0.239. The van der Waals surface area contributed by atoms with Crippen molar-refractivity contribution in [3.63, 3.8) is 0 Å². The molecule has 1 aromatic heterocycles. The van der Waals surface area contributed by atoms with Crippen molar-refractivity contribution < 1.29 is 4.74 Å². The molecule has 2 N–H and O–H groups in total. The fourth-order valence-corrected chi connectivity index (χ4v) is 3.60. The fraction of sp³-hybridized carbons (Fsp3) is 0.591. The summed E-state index contributed by atoms with van der Waals surface area (Å²) in [6.07, 6.45) is 4.00. The second-order valence-electron chi connectivity index (χ2n) is 8.01. The van der Waals surface area contributed by atoms with Gasteiger partial charge in [0.05, 0.1) is 6.10 Å². The third-order valence-corrected chi connectivity index (χ3v) is 5.13. The van der Waals surface area contributed by atoms with Crippen LogP contribution in [0.15, 0.2) is 28.0 Å². The van der Waals surface area contributed by atoms with Crippen molar-refractivity contribution in [1.29, 1.82) is 0 Å². The molecule has 0 fully saturated rings. The highest BCUT2D eigenvalue weighted by atomic mass is 127. The highest BCUT2D eigenvalue weighted by Gasteiger charge is 2.16. The Morgan fingerprint density at radius 2 is 2.10 bits per heavy atom. The topological polar surface area (TPSA) is 85.5 Å². The van der Waals surface area contributed by atoms with Gasteiger partial charge in [-0.05, 0) is 51.7 Å². The Kier molecular flexibility index (Phi) is 9.86. The van der Waals surface area contributed by atoms with Gasteiger partial charge in [0, 0.05) is 45.2 Å². The van der Waals surface area contributed by atoms with Crippen LogP contribution < -0.4 is 21.1 Å². The molecule has 0 radical (unpaired) electrons. The van der Waals surface area contributed by atoms with Crippen molar-refractivity contribution in [2.24, 2.45) is 4.99 Å². The van der Waals surface area contributed by atoms with Gasteiger partial charge in [-0.25, -0.2) is 9.48 Å². The number of nitrogens with zero attached hydrogens (tertiary/aromatic N) is 4. The van der Waals surface area contributed by atoms with Gasteiger partial charge in [0.1, 0.15) is 11.6 Å². The highest BCUT2D eigenvalue weighted by Crippen LogP contribution is 2.21. The first-order valence-corrected chi connectivity index (χ1v) is 10.8. The van der Waals surface area contributed by atoms with E-state index < -0.39 is 0 Å². The first-order chi connectivity index (χ1) is 14.5. The summed E-state index contributed by atoms with van der Waals surface area (Å²) >= 11 is 0. The monoisotopic (exact) mass is 542 g/mol. The molecule has 0 aliphatic carbocycles. The molecule has 0 atom stereocenters. The van der Waals surface area contributed by atoms with Crippen LogP contribution in [-0.2, 0) is 26.1 Å². The molecule has 0 bridgehead atoms. The molecule has 0 saturated heterocycles. The third kappa shape index (κ3) is 6.98. The number of rotatable bonds is 8. The van der Waals surface area contributed by atoms with Crippen LogP contribution in [0, 0.1) is 6.92 Å². The highest BCUT2D eigenvalue weighted by molar-refractivity contribution is 14.0. The third-order valence-electron chi connectivity index (χ3n) is 5.13.